The van der Waals surface area contributed by atoms with Gasteiger partial charge < -0.3 is 15.6 Å². The number of hydrogen-bond acceptors (Lipinski definition) is 5. The second-order valence-corrected chi connectivity index (χ2v) is 5.61. The van der Waals surface area contributed by atoms with Gasteiger partial charge in [0.25, 0.3) is 11.5 Å². The highest BCUT2D eigenvalue weighted by molar-refractivity contribution is 6.28. The molecule has 1 unspecified atom stereocenters. The topological polar surface area (TPSA) is 135 Å². The molecule has 0 bridgehead atoms. The number of Topliss-reactive ketones (excluding diaryl/α,β-unsaturated/α-hetero) is 1. The van der Waals surface area contributed by atoms with E-state index in [0.717, 1.165) is 5.56 Å². The summed E-state index contributed by atoms with van der Waals surface area (Å²) < 4.78 is 5.06. The van der Waals surface area contributed by atoms with E-state index in [2.05, 4.69) is 10.1 Å². The lowest BCUT2D eigenvalue weighted by Gasteiger charge is -2.16. The molecule has 0 aliphatic heterocycles. The van der Waals surface area contributed by atoms with E-state index < -0.39 is 22.8 Å². The maximum Gasteiger partial charge on any atom is 0.408 e. The molecular weight excluding hydrogens is 352 g/mol. The molecule has 0 aliphatic rings. The zero-order chi connectivity index (χ0) is 19.8. The van der Waals surface area contributed by atoms with Gasteiger partial charge in [0.1, 0.15) is 12.6 Å². The molecule has 0 aliphatic carbocycles. The van der Waals surface area contributed by atoms with E-state index in [9.17, 15) is 19.7 Å². The third-order valence-electron chi connectivity index (χ3n) is 3.64. The third kappa shape index (κ3) is 5.32. The van der Waals surface area contributed by atoms with Gasteiger partial charge in [0.05, 0.1) is 10.5 Å². The number of benzene rings is 2. The van der Waals surface area contributed by atoms with Crippen molar-refractivity contribution >= 4 is 23.8 Å². The van der Waals surface area contributed by atoms with Crippen LogP contribution in [0, 0.1) is 17.0 Å². The molecule has 0 saturated carbocycles. The van der Waals surface area contributed by atoms with Gasteiger partial charge in [0, 0.05) is 6.07 Å². The van der Waals surface area contributed by atoms with E-state index >= 15 is 0 Å². The van der Waals surface area contributed by atoms with Crippen molar-refractivity contribution in [2.75, 3.05) is 0 Å². The van der Waals surface area contributed by atoms with Crippen LogP contribution in [0.15, 0.2) is 48.5 Å². The van der Waals surface area contributed by atoms with Gasteiger partial charge in [-0.15, -0.1) is 0 Å². The lowest BCUT2D eigenvalue weighted by atomic mass is 9.99. The minimum Gasteiger partial charge on any atom is -0.445 e. The molecule has 1 amide bonds. The number of nitro benzene ring substituents is 1. The molecule has 0 aromatic heterocycles. The van der Waals surface area contributed by atoms with Gasteiger partial charge in [0.2, 0.25) is 0 Å². The molecule has 2 aromatic rings. The molecular formula is C18H16N4O5. The van der Waals surface area contributed by atoms with Crippen molar-refractivity contribution in [1.29, 1.82) is 0 Å². The number of carbonyl (C=O) groups is 2. The maximum atomic E-state index is 12.2. The summed E-state index contributed by atoms with van der Waals surface area (Å²) >= 11 is 0. The summed E-state index contributed by atoms with van der Waals surface area (Å²) in [5.74, 6) is -0.845. The number of aryl methyl sites for hydroxylation is 1. The van der Waals surface area contributed by atoms with Crippen LogP contribution in [0.2, 0.25) is 0 Å². The standard InChI is InChI=1S/C18H16N4O5/c1-12-7-8-15(22(25)26)14(9-12)17(16(23)10-20-19)21-18(24)27-11-13-5-3-2-4-6-13/h2-10,17H,11H2,1H3,(H,21,24). The summed E-state index contributed by atoms with van der Waals surface area (Å²) in [6.45, 7) is 1.64. The summed E-state index contributed by atoms with van der Waals surface area (Å²) in [5, 5.41) is 13.6. The number of rotatable bonds is 7. The first-order valence-corrected chi connectivity index (χ1v) is 7.85. The van der Waals surface area contributed by atoms with E-state index in [4.69, 9.17) is 10.3 Å². The Labute approximate surface area is 154 Å². The Kier molecular flexibility index (Phi) is 6.51. The number of hydrogen-bond donors (Lipinski definition) is 1. The molecule has 1 atom stereocenters. The largest absolute Gasteiger partial charge is 0.445 e. The Balaban J connectivity index is 2.26. The Morgan fingerprint density at radius 1 is 1.30 bits per heavy atom. The van der Waals surface area contributed by atoms with E-state index in [0.29, 0.717) is 11.8 Å². The quantitative estimate of drug-likeness (QED) is 0.263. The van der Waals surface area contributed by atoms with Crippen LogP contribution in [0.25, 0.3) is 5.53 Å². The van der Waals surface area contributed by atoms with Crippen LogP contribution in [0.3, 0.4) is 0 Å². The number of nitro groups is 1. The van der Waals surface area contributed by atoms with Crippen LogP contribution in [-0.2, 0) is 16.1 Å². The summed E-state index contributed by atoms with van der Waals surface area (Å²) in [6.07, 6.45) is -0.381. The van der Waals surface area contributed by atoms with Crippen molar-refractivity contribution in [2.45, 2.75) is 19.6 Å². The second-order valence-electron chi connectivity index (χ2n) is 5.61. The van der Waals surface area contributed by atoms with Crippen molar-refractivity contribution in [1.82, 2.24) is 5.32 Å². The molecule has 2 rings (SSSR count). The fraction of sp³-hybridized carbons (Fsp3) is 0.167. The molecule has 0 radical (unpaired) electrons. The molecule has 0 spiro atoms. The van der Waals surface area contributed by atoms with E-state index in [1.54, 1.807) is 31.2 Å². The first-order valence-electron chi connectivity index (χ1n) is 7.85. The molecule has 9 heteroatoms. The van der Waals surface area contributed by atoms with Crippen molar-refractivity contribution < 1.29 is 24.0 Å². The molecule has 27 heavy (non-hydrogen) atoms. The molecule has 2 aromatic carbocycles. The Hall–Kier alpha value is -3.84. The smallest absolute Gasteiger partial charge is 0.408 e. The zero-order valence-electron chi connectivity index (χ0n) is 14.4. The van der Waals surface area contributed by atoms with Crippen LogP contribution in [-0.4, -0.2) is 27.8 Å². The van der Waals surface area contributed by atoms with Gasteiger partial charge >= 0.3 is 12.3 Å². The number of nitrogens with zero attached hydrogens (tertiary/aromatic N) is 3. The predicted molar refractivity (Wildman–Crippen MR) is 95.0 cm³/mol. The minimum atomic E-state index is -1.44. The van der Waals surface area contributed by atoms with Gasteiger partial charge in [0.15, 0.2) is 0 Å². The van der Waals surface area contributed by atoms with Gasteiger partial charge in [-0.3, -0.25) is 14.9 Å². The molecule has 1 N–H and O–H groups in total. The molecule has 0 fully saturated rings. The summed E-state index contributed by atoms with van der Waals surface area (Å²) in [5.41, 5.74) is 9.61. The summed E-state index contributed by atoms with van der Waals surface area (Å²) in [6, 6.07) is 11.6. The maximum absolute atomic E-state index is 12.2. The van der Waals surface area contributed by atoms with E-state index in [1.165, 1.54) is 18.2 Å². The molecule has 0 saturated heterocycles. The fourth-order valence-electron chi connectivity index (χ4n) is 2.39. The summed E-state index contributed by atoms with van der Waals surface area (Å²) in [7, 11) is 0. The van der Waals surface area contributed by atoms with Gasteiger partial charge in [-0.2, -0.15) is 4.79 Å². The summed E-state index contributed by atoms with van der Waals surface area (Å²) in [4.78, 5) is 37.6. The number of ether oxygens (including phenoxy) is 1. The van der Waals surface area contributed by atoms with Crippen LogP contribution in [0.5, 0.6) is 0 Å². The van der Waals surface area contributed by atoms with E-state index in [-0.39, 0.29) is 17.9 Å². The SMILES string of the molecule is Cc1ccc([N+](=O)[O-])c(C(NC(=O)OCc2ccccc2)C(=O)C=[N+]=[N-])c1. The second kappa shape index (κ2) is 9.02. The van der Waals surface area contributed by atoms with Crippen molar-refractivity contribution in [3.8, 4) is 0 Å². The van der Waals surface area contributed by atoms with Crippen molar-refractivity contribution in [2.24, 2.45) is 0 Å². The number of alkyl carbamates (subject to hydrolysis) is 1. The first kappa shape index (κ1) is 19.5. The van der Waals surface area contributed by atoms with Crippen LogP contribution < -0.4 is 5.32 Å². The normalized spacial score (nSPS) is 11.0. The predicted octanol–water partition coefficient (Wildman–Crippen LogP) is 2.74. The van der Waals surface area contributed by atoms with E-state index in [1.807, 2.05) is 6.07 Å². The highest BCUT2D eigenvalue weighted by atomic mass is 16.6. The number of carbonyl (C=O) groups excluding carboxylic acids is 2. The van der Waals surface area contributed by atoms with Crippen molar-refractivity contribution in [3.63, 3.8) is 0 Å². The van der Waals surface area contributed by atoms with Gasteiger partial charge in [-0.1, -0.05) is 42.0 Å². The van der Waals surface area contributed by atoms with Crippen LogP contribution in [0.4, 0.5) is 10.5 Å². The number of nitrogens with one attached hydrogen (secondary N) is 1. The minimum absolute atomic E-state index is 0.0402. The van der Waals surface area contributed by atoms with Crippen LogP contribution in [0.1, 0.15) is 22.7 Å². The molecule has 138 valence electrons. The Bertz CT molecular complexity index is 907. The third-order valence-corrected chi connectivity index (χ3v) is 3.64. The van der Waals surface area contributed by atoms with Gasteiger partial charge in [-0.05, 0) is 18.6 Å². The lowest BCUT2D eigenvalue weighted by Crippen LogP contribution is -2.35. The highest BCUT2D eigenvalue weighted by Crippen LogP contribution is 2.27. The van der Waals surface area contributed by atoms with Crippen molar-refractivity contribution in [3.05, 3.63) is 80.9 Å². The highest BCUT2D eigenvalue weighted by Gasteiger charge is 2.31. The monoisotopic (exact) mass is 368 g/mol. The lowest BCUT2D eigenvalue weighted by molar-refractivity contribution is -0.385. The zero-order valence-corrected chi connectivity index (χ0v) is 14.4. The average molecular weight is 368 g/mol. The van der Waals surface area contributed by atoms with Crippen LogP contribution >= 0.6 is 0 Å². The average Bonchev–Trinajstić information content (AvgIpc) is 2.65. The fourth-order valence-corrected chi connectivity index (χ4v) is 2.39. The Morgan fingerprint density at radius 2 is 2.00 bits per heavy atom. The molecule has 0 heterocycles. The number of ketones is 1. The first-order chi connectivity index (χ1) is 12.9. The molecule has 9 nitrogen and oxygen atoms in total. The Morgan fingerprint density at radius 3 is 2.63 bits per heavy atom. The number of amides is 1. The van der Waals surface area contributed by atoms with Gasteiger partial charge in [-0.25, -0.2) is 4.79 Å².